The van der Waals surface area contributed by atoms with Crippen LogP contribution in [0.25, 0.3) is 0 Å². The first-order chi connectivity index (χ1) is 9.04. The molecule has 0 saturated carbocycles. The van der Waals surface area contributed by atoms with E-state index in [2.05, 4.69) is 20.9 Å². The van der Waals surface area contributed by atoms with Crippen molar-refractivity contribution in [3.63, 3.8) is 0 Å². The molecule has 0 radical (unpaired) electrons. The summed E-state index contributed by atoms with van der Waals surface area (Å²) < 4.78 is 0. The zero-order valence-corrected chi connectivity index (χ0v) is 11.7. The van der Waals surface area contributed by atoms with Gasteiger partial charge in [0, 0.05) is 19.6 Å². The molecule has 2 fully saturated rings. The SMILES string of the molecule is CC(C)CNC(=O)NC(=O)CN1CC2CNCC2C1. The summed E-state index contributed by atoms with van der Waals surface area (Å²) in [5.41, 5.74) is 0. The molecule has 2 heterocycles. The molecule has 0 aromatic rings. The third-order valence-electron chi connectivity index (χ3n) is 3.76. The summed E-state index contributed by atoms with van der Waals surface area (Å²) in [5, 5.41) is 8.43. The number of nitrogens with one attached hydrogen (secondary N) is 3. The molecule has 3 N–H and O–H groups in total. The average molecular weight is 268 g/mol. The molecule has 2 unspecified atom stereocenters. The van der Waals surface area contributed by atoms with Crippen LogP contribution in [0, 0.1) is 17.8 Å². The van der Waals surface area contributed by atoms with Crippen LogP contribution in [0.3, 0.4) is 0 Å². The molecule has 0 aliphatic carbocycles. The number of carbonyl (C=O) groups excluding carboxylic acids is 2. The fourth-order valence-electron chi connectivity index (χ4n) is 2.79. The fraction of sp³-hybridized carbons (Fsp3) is 0.846. The summed E-state index contributed by atoms with van der Waals surface area (Å²) in [6.07, 6.45) is 0. The van der Waals surface area contributed by atoms with E-state index in [-0.39, 0.29) is 11.9 Å². The normalized spacial score (nSPS) is 26.5. The van der Waals surface area contributed by atoms with Gasteiger partial charge in [0.05, 0.1) is 6.54 Å². The zero-order chi connectivity index (χ0) is 13.8. The molecule has 0 spiro atoms. The number of nitrogens with zero attached hydrogens (tertiary/aromatic N) is 1. The summed E-state index contributed by atoms with van der Waals surface area (Å²) in [7, 11) is 0. The lowest BCUT2D eigenvalue weighted by Crippen LogP contribution is -2.45. The summed E-state index contributed by atoms with van der Waals surface area (Å²) >= 11 is 0. The fourth-order valence-corrected chi connectivity index (χ4v) is 2.79. The van der Waals surface area contributed by atoms with Crippen LogP contribution in [-0.2, 0) is 4.79 Å². The van der Waals surface area contributed by atoms with Gasteiger partial charge in [0.15, 0.2) is 0 Å². The van der Waals surface area contributed by atoms with Crippen LogP contribution in [0.15, 0.2) is 0 Å². The Hall–Kier alpha value is -1.14. The van der Waals surface area contributed by atoms with E-state index in [1.54, 1.807) is 0 Å². The number of amides is 3. The van der Waals surface area contributed by atoms with Crippen LogP contribution in [-0.4, -0.2) is 56.1 Å². The van der Waals surface area contributed by atoms with Crippen molar-refractivity contribution in [2.24, 2.45) is 17.8 Å². The third-order valence-corrected chi connectivity index (χ3v) is 3.76. The van der Waals surface area contributed by atoms with Crippen molar-refractivity contribution in [2.45, 2.75) is 13.8 Å². The standard InChI is InChI=1S/C13H24N4O2/c1-9(2)3-15-13(19)16-12(18)8-17-6-10-4-14-5-11(10)7-17/h9-11,14H,3-8H2,1-2H3,(H2,15,16,18,19). The molecule has 6 heteroatoms. The highest BCUT2D eigenvalue weighted by atomic mass is 16.2. The van der Waals surface area contributed by atoms with Crippen molar-refractivity contribution < 1.29 is 9.59 Å². The summed E-state index contributed by atoms with van der Waals surface area (Å²) in [4.78, 5) is 25.3. The van der Waals surface area contributed by atoms with E-state index in [1.165, 1.54) is 0 Å². The van der Waals surface area contributed by atoms with Gasteiger partial charge in [-0.25, -0.2) is 4.79 Å². The minimum Gasteiger partial charge on any atom is -0.338 e. The van der Waals surface area contributed by atoms with E-state index in [0.717, 1.165) is 26.2 Å². The monoisotopic (exact) mass is 268 g/mol. The van der Waals surface area contributed by atoms with Gasteiger partial charge in [-0.3, -0.25) is 15.0 Å². The minimum absolute atomic E-state index is 0.214. The van der Waals surface area contributed by atoms with Crippen LogP contribution in [0.5, 0.6) is 0 Å². The lowest BCUT2D eigenvalue weighted by atomic mass is 10.0. The number of imide groups is 1. The molecule has 108 valence electrons. The lowest BCUT2D eigenvalue weighted by Gasteiger charge is -2.16. The molecule has 0 bridgehead atoms. The van der Waals surface area contributed by atoms with E-state index in [4.69, 9.17) is 0 Å². The molecule has 2 rings (SSSR count). The van der Waals surface area contributed by atoms with Crippen molar-refractivity contribution in [3.8, 4) is 0 Å². The highest BCUT2D eigenvalue weighted by Gasteiger charge is 2.36. The van der Waals surface area contributed by atoms with Gasteiger partial charge < -0.3 is 10.6 Å². The Morgan fingerprint density at radius 1 is 1.26 bits per heavy atom. The van der Waals surface area contributed by atoms with Gasteiger partial charge in [0.2, 0.25) is 5.91 Å². The summed E-state index contributed by atoms with van der Waals surface area (Å²) in [5.74, 6) is 1.51. The molecule has 19 heavy (non-hydrogen) atoms. The molecular formula is C13H24N4O2. The molecular weight excluding hydrogens is 244 g/mol. The Morgan fingerprint density at radius 3 is 2.47 bits per heavy atom. The quantitative estimate of drug-likeness (QED) is 0.650. The van der Waals surface area contributed by atoms with Gasteiger partial charge >= 0.3 is 6.03 Å². The minimum atomic E-state index is -0.389. The number of urea groups is 1. The molecule has 2 aliphatic rings. The summed E-state index contributed by atoms with van der Waals surface area (Å²) in [6, 6.07) is -0.389. The van der Waals surface area contributed by atoms with E-state index >= 15 is 0 Å². The number of carbonyl (C=O) groups is 2. The number of fused-ring (bicyclic) bond motifs is 1. The highest BCUT2D eigenvalue weighted by molar-refractivity contribution is 5.95. The van der Waals surface area contributed by atoms with Gasteiger partial charge in [-0.15, -0.1) is 0 Å². The second-order valence-corrected chi connectivity index (χ2v) is 6.02. The second kappa shape index (κ2) is 6.34. The molecule has 0 aromatic carbocycles. The second-order valence-electron chi connectivity index (χ2n) is 6.02. The molecule has 6 nitrogen and oxygen atoms in total. The van der Waals surface area contributed by atoms with E-state index in [9.17, 15) is 9.59 Å². The van der Waals surface area contributed by atoms with Gasteiger partial charge in [0.1, 0.15) is 0 Å². The largest absolute Gasteiger partial charge is 0.338 e. The Bertz CT molecular complexity index is 334. The van der Waals surface area contributed by atoms with Crippen LogP contribution < -0.4 is 16.0 Å². The topological polar surface area (TPSA) is 73.5 Å². The third kappa shape index (κ3) is 4.18. The van der Waals surface area contributed by atoms with Crippen molar-refractivity contribution in [1.82, 2.24) is 20.9 Å². The predicted octanol–water partition coefficient (Wildman–Crippen LogP) is -0.381. The van der Waals surface area contributed by atoms with Crippen molar-refractivity contribution in [3.05, 3.63) is 0 Å². The first-order valence-corrected chi connectivity index (χ1v) is 7.05. The maximum atomic E-state index is 11.7. The van der Waals surface area contributed by atoms with Gasteiger partial charge in [-0.1, -0.05) is 13.8 Å². The Balaban J connectivity index is 1.66. The van der Waals surface area contributed by atoms with E-state index in [1.807, 2.05) is 13.8 Å². The number of rotatable bonds is 4. The summed E-state index contributed by atoms with van der Waals surface area (Å²) in [6.45, 7) is 8.95. The van der Waals surface area contributed by atoms with E-state index < -0.39 is 0 Å². The molecule has 3 amide bonds. The van der Waals surface area contributed by atoms with Crippen LogP contribution in [0.1, 0.15) is 13.8 Å². The van der Waals surface area contributed by atoms with Crippen molar-refractivity contribution >= 4 is 11.9 Å². The van der Waals surface area contributed by atoms with Gasteiger partial charge in [-0.05, 0) is 30.8 Å². The lowest BCUT2D eigenvalue weighted by molar-refractivity contribution is -0.121. The first kappa shape index (κ1) is 14.3. The van der Waals surface area contributed by atoms with Crippen LogP contribution >= 0.6 is 0 Å². The van der Waals surface area contributed by atoms with Crippen LogP contribution in [0.4, 0.5) is 4.79 Å². The first-order valence-electron chi connectivity index (χ1n) is 7.05. The van der Waals surface area contributed by atoms with Crippen LogP contribution in [0.2, 0.25) is 0 Å². The number of likely N-dealkylation sites (tertiary alicyclic amines) is 1. The molecule has 2 aliphatic heterocycles. The number of hydrogen-bond donors (Lipinski definition) is 3. The van der Waals surface area contributed by atoms with Gasteiger partial charge in [0.25, 0.3) is 0 Å². The smallest absolute Gasteiger partial charge is 0.321 e. The Labute approximate surface area is 114 Å². The number of hydrogen-bond acceptors (Lipinski definition) is 4. The highest BCUT2D eigenvalue weighted by Crippen LogP contribution is 2.25. The van der Waals surface area contributed by atoms with Crippen molar-refractivity contribution in [1.29, 1.82) is 0 Å². The molecule has 2 saturated heterocycles. The molecule has 2 atom stereocenters. The Morgan fingerprint density at radius 2 is 1.89 bits per heavy atom. The zero-order valence-electron chi connectivity index (χ0n) is 11.7. The maximum Gasteiger partial charge on any atom is 0.321 e. The maximum absolute atomic E-state index is 11.7. The Kier molecular flexibility index (Phi) is 4.76. The van der Waals surface area contributed by atoms with Crippen molar-refractivity contribution in [2.75, 3.05) is 39.3 Å². The molecule has 0 aromatic heterocycles. The predicted molar refractivity (Wildman–Crippen MR) is 72.7 cm³/mol. The average Bonchev–Trinajstić information content (AvgIpc) is 2.86. The van der Waals surface area contributed by atoms with E-state index in [0.29, 0.717) is 30.8 Å². The van der Waals surface area contributed by atoms with Gasteiger partial charge in [-0.2, -0.15) is 0 Å².